The van der Waals surface area contributed by atoms with Gasteiger partial charge >= 0.3 is 0 Å². The number of rotatable bonds is 10. The first-order valence-corrected chi connectivity index (χ1v) is 17.3. The van der Waals surface area contributed by atoms with Crippen molar-refractivity contribution in [1.82, 2.24) is 19.6 Å². The predicted molar refractivity (Wildman–Crippen MR) is 175 cm³/mol. The second kappa shape index (κ2) is 13.7. The third-order valence-electron chi connectivity index (χ3n) is 8.43. The van der Waals surface area contributed by atoms with Crippen LogP contribution < -0.4 is 14.8 Å². The Labute approximate surface area is 274 Å². The minimum Gasteiger partial charge on any atom is -0.455 e. The summed E-state index contributed by atoms with van der Waals surface area (Å²) in [7, 11) is -4.48. The van der Waals surface area contributed by atoms with Crippen LogP contribution in [0.25, 0.3) is 11.0 Å². The molecule has 242 valence electrons. The van der Waals surface area contributed by atoms with E-state index in [1.807, 2.05) is 10.8 Å². The van der Waals surface area contributed by atoms with Crippen molar-refractivity contribution in [3.05, 3.63) is 81.1 Å². The Bertz CT molecular complexity index is 1850. The van der Waals surface area contributed by atoms with E-state index in [2.05, 4.69) is 36.1 Å². The van der Waals surface area contributed by atoms with Crippen molar-refractivity contribution in [2.75, 3.05) is 38.2 Å². The van der Waals surface area contributed by atoms with Crippen LogP contribution >= 0.6 is 15.9 Å². The molecule has 2 aromatic heterocycles. The fraction of sp³-hybridized carbons (Fsp3) is 0.355. The largest absolute Gasteiger partial charge is 0.455 e. The van der Waals surface area contributed by atoms with Crippen LogP contribution in [0.1, 0.15) is 36.0 Å². The normalized spacial score (nSPS) is 16.7. The zero-order chi connectivity index (χ0) is 32.3. The number of halogens is 1. The lowest BCUT2D eigenvalue weighted by Crippen LogP contribution is -2.44. The highest BCUT2D eigenvalue weighted by molar-refractivity contribution is 9.10. The van der Waals surface area contributed by atoms with Crippen LogP contribution in [0.2, 0.25) is 0 Å². The Hall–Kier alpha value is -4.05. The minimum atomic E-state index is -4.48. The van der Waals surface area contributed by atoms with Gasteiger partial charge in [-0.15, -0.1) is 0 Å². The molecule has 0 unspecified atom stereocenters. The third-order valence-corrected chi connectivity index (χ3v) is 10.3. The molecule has 13 nitrogen and oxygen atoms in total. The smallest absolute Gasteiger partial charge is 0.293 e. The van der Waals surface area contributed by atoms with Gasteiger partial charge in [0.15, 0.2) is 0 Å². The fourth-order valence-electron chi connectivity index (χ4n) is 5.91. The van der Waals surface area contributed by atoms with E-state index in [1.165, 1.54) is 30.5 Å². The Balaban J connectivity index is 1.12. The predicted octanol–water partition coefficient (Wildman–Crippen LogP) is 5.45. The minimum absolute atomic E-state index is 0.0587. The Kier molecular flexibility index (Phi) is 9.54. The van der Waals surface area contributed by atoms with E-state index >= 15 is 0 Å². The van der Waals surface area contributed by atoms with E-state index in [9.17, 15) is 23.3 Å². The quantitative estimate of drug-likeness (QED) is 0.142. The molecule has 0 aliphatic carbocycles. The van der Waals surface area contributed by atoms with Crippen molar-refractivity contribution in [1.29, 1.82) is 0 Å². The number of H-pyrrole nitrogens is 1. The number of pyridine rings is 1. The zero-order valence-corrected chi connectivity index (χ0v) is 27.2. The summed E-state index contributed by atoms with van der Waals surface area (Å²) >= 11 is 3.35. The van der Waals surface area contributed by atoms with Gasteiger partial charge in [0.1, 0.15) is 22.8 Å². The molecule has 3 N–H and O–H groups in total. The zero-order valence-electron chi connectivity index (χ0n) is 24.8. The number of nitro groups is 1. The molecule has 4 aromatic rings. The number of carbonyl (C=O) groups is 1. The summed E-state index contributed by atoms with van der Waals surface area (Å²) in [6.07, 6.45) is 7.24. The van der Waals surface area contributed by atoms with Crippen molar-refractivity contribution in [2.24, 2.45) is 5.92 Å². The van der Waals surface area contributed by atoms with Crippen LogP contribution in [-0.2, 0) is 14.8 Å². The molecule has 0 saturated carbocycles. The van der Waals surface area contributed by atoms with Gasteiger partial charge in [0, 0.05) is 47.9 Å². The van der Waals surface area contributed by atoms with Crippen molar-refractivity contribution in [3.8, 4) is 11.5 Å². The molecule has 2 aliphatic rings. The average molecular weight is 714 g/mol. The number of nitro benzene ring substituents is 1. The van der Waals surface area contributed by atoms with Crippen LogP contribution in [0.3, 0.4) is 0 Å². The number of fused-ring (bicyclic) bond motifs is 1. The lowest BCUT2D eigenvalue weighted by Gasteiger charge is -2.39. The molecule has 4 heterocycles. The molecule has 6 rings (SSSR count). The Morgan fingerprint density at radius 1 is 1.11 bits per heavy atom. The van der Waals surface area contributed by atoms with Gasteiger partial charge in [0.25, 0.3) is 21.6 Å². The number of piperidine rings is 1. The van der Waals surface area contributed by atoms with Crippen molar-refractivity contribution < 1.29 is 27.6 Å². The Morgan fingerprint density at radius 3 is 2.65 bits per heavy atom. The molecule has 0 radical (unpaired) electrons. The van der Waals surface area contributed by atoms with Crippen LogP contribution in [0.4, 0.5) is 11.4 Å². The van der Waals surface area contributed by atoms with Gasteiger partial charge in [0.2, 0.25) is 0 Å². The second-order valence-corrected chi connectivity index (χ2v) is 14.0. The van der Waals surface area contributed by atoms with E-state index in [0.717, 1.165) is 63.4 Å². The first kappa shape index (κ1) is 31.9. The molecule has 2 aliphatic heterocycles. The molecule has 2 fully saturated rings. The summed E-state index contributed by atoms with van der Waals surface area (Å²) in [5.74, 6) is -0.204. The highest BCUT2D eigenvalue weighted by atomic mass is 79.9. The van der Waals surface area contributed by atoms with Crippen molar-refractivity contribution in [2.45, 2.75) is 36.6 Å². The maximum Gasteiger partial charge on any atom is 0.293 e. The SMILES string of the molecule is O=C(NS(=O)(=O)c1ccc(NCC2CCN(C3CCOCC3)CC2)c([N+](=O)[O-])c1)c1ccc(Br)cc1Oc1cnc2[nH]ccc2c1. The number of ether oxygens (including phenoxy) is 2. The molecule has 0 atom stereocenters. The van der Waals surface area contributed by atoms with Gasteiger partial charge in [0.05, 0.1) is 21.6 Å². The molecule has 15 heteroatoms. The number of nitrogens with zero attached hydrogens (tertiary/aromatic N) is 3. The summed E-state index contributed by atoms with van der Waals surface area (Å²) in [4.78, 5) is 33.9. The van der Waals surface area contributed by atoms with Crippen LogP contribution in [0, 0.1) is 16.0 Å². The Morgan fingerprint density at radius 2 is 1.89 bits per heavy atom. The molecule has 2 saturated heterocycles. The number of aromatic amines is 1. The van der Waals surface area contributed by atoms with E-state index in [-0.39, 0.29) is 17.0 Å². The average Bonchev–Trinajstić information content (AvgIpc) is 3.52. The standard InChI is InChI=1S/C31H33BrN6O7S/c32-22-1-3-26(29(16-22)45-24-15-21-5-10-33-30(21)35-19-24)31(39)36-46(42,43)25-2-4-27(28(17-25)38(40)41)34-18-20-6-11-37(12-7-20)23-8-13-44-14-9-23/h1-5,10,15-17,19-20,23,34H,6-9,11-14,18H2,(H,33,35)(H,36,39). The number of amides is 1. The van der Waals surface area contributed by atoms with Crippen LogP contribution in [0.15, 0.2) is 70.3 Å². The number of aromatic nitrogens is 2. The summed E-state index contributed by atoms with van der Waals surface area (Å²) in [6.45, 7) is 4.08. The number of sulfonamides is 1. The molecule has 0 bridgehead atoms. The van der Waals surface area contributed by atoms with E-state index in [1.54, 1.807) is 18.3 Å². The van der Waals surface area contributed by atoms with Crippen LogP contribution in [-0.4, -0.2) is 73.0 Å². The molecule has 46 heavy (non-hydrogen) atoms. The maximum atomic E-state index is 13.3. The van der Waals surface area contributed by atoms with E-state index in [0.29, 0.717) is 34.4 Å². The number of benzene rings is 2. The second-order valence-electron chi connectivity index (χ2n) is 11.4. The first-order valence-electron chi connectivity index (χ1n) is 15.0. The monoisotopic (exact) mass is 712 g/mol. The van der Waals surface area contributed by atoms with Crippen LogP contribution in [0.5, 0.6) is 11.5 Å². The number of nitrogens with one attached hydrogen (secondary N) is 3. The molecular formula is C31H33BrN6O7S. The number of likely N-dealkylation sites (tertiary alicyclic amines) is 1. The summed E-state index contributed by atoms with van der Waals surface area (Å²) < 4.78 is 40.6. The molecular weight excluding hydrogens is 680 g/mol. The summed E-state index contributed by atoms with van der Waals surface area (Å²) in [5, 5.41) is 15.9. The fourth-order valence-corrected chi connectivity index (χ4v) is 7.24. The van der Waals surface area contributed by atoms with Gasteiger partial charge in [-0.1, -0.05) is 15.9 Å². The lowest BCUT2D eigenvalue weighted by atomic mass is 9.94. The van der Waals surface area contributed by atoms with E-state index in [4.69, 9.17) is 9.47 Å². The highest BCUT2D eigenvalue weighted by Crippen LogP contribution is 2.32. The van der Waals surface area contributed by atoms with Gasteiger partial charge < -0.3 is 24.7 Å². The number of carbonyl (C=O) groups excluding carboxylic acids is 1. The first-order chi connectivity index (χ1) is 22.2. The van der Waals surface area contributed by atoms with Crippen molar-refractivity contribution in [3.63, 3.8) is 0 Å². The highest BCUT2D eigenvalue weighted by Gasteiger charge is 2.28. The van der Waals surface area contributed by atoms with Gasteiger partial charge in [-0.3, -0.25) is 14.9 Å². The van der Waals surface area contributed by atoms with Gasteiger partial charge in [-0.05, 0) is 87.2 Å². The van der Waals surface area contributed by atoms with Crippen molar-refractivity contribution >= 4 is 54.3 Å². The number of hydrogen-bond donors (Lipinski definition) is 3. The summed E-state index contributed by atoms with van der Waals surface area (Å²) in [6, 6.07) is 12.2. The van der Waals surface area contributed by atoms with Gasteiger partial charge in [-0.25, -0.2) is 18.1 Å². The number of anilines is 1. The summed E-state index contributed by atoms with van der Waals surface area (Å²) in [5.41, 5.74) is 0.429. The topological polar surface area (TPSA) is 169 Å². The molecule has 1 amide bonds. The lowest BCUT2D eigenvalue weighted by molar-refractivity contribution is -0.384. The maximum absolute atomic E-state index is 13.3. The van der Waals surface area contributed by atoms with Gasteiger partial charge in [-0.2, -0.15) is 0 Å². The molecule has 0 spiro atoms. The third kappa shape index (κ3) is 7.33. The molecule has 2 aromatic carbocycles. The number of hydrogen-bond acceptors (Lipinski definition) is 10. The van der Waals surface area contributed by atoms with E-state index < -0.39 is 31.4 Å².